The zero-order valence-corrected chi connectivity index (χ0v) is 14.9. The maximum Gasteiger partial charge on any atom is 0.313 e. The Balaban J connectivity index is 1.71. The molecule has 0 aliphatic carbocycles. The number of nitrogens with one attached hydrogen (secondary N) is 2. The number of methoxy groups -OCH3 is 1. The van der Waals surface area contributed by atoms with Crippen LogP contribution in [0.1, 0.15) is 12.8 Å². The summed E-state index contributed by atoms with van der Waals surface area (Å²) < 4.78 is 18.2. The van der Waals surface area contributed by atoms with Gasteiger partial charge in [0, 0.05) is 25.9 Å². The van der Waals surface area contributed by atoms with Crippen LogP contribution in [0.15, 0.2) is 18.2 Å². The predicted octanol–water partition coefficient (Wildman–Crippen LogP) is 1.89. The Hall–Kier alpha value is -1.70. The van der Waals surface area contributed by atoms with Crippen molar-refractivity contribution in [2.45, 2.75) is 12.8 Å². The summed E-state index contributed by atoms with van der Waals surface area (Å²) in [5.74, 6) is -1.72. The SMILES string of the molecule is COCCN1CCC(CNC(=O)C(=O)Nc2ccc(F)c(Cl)c2)CC1. The van der Waals surface area contributed by atoms with Crippen molar-refractivity contribution in [3.05, 3.63) is 29.0 Å². The fourth-order valence-electron chi connectivity index (χ4n) is 2.71. The van der Waals surface area contributed by atoms with Crippen LogP contribution < -0.4 is 10.6 Å². The summed E-state index contributed by atoms with van der Waals surface area (Å²) in [5.41, 5.74) is 0.276. The molecule has 2 rings (SSSR count). The lowest BCUT2D eigenvalue weighted by Crippen LogP contribution is -2.42. The molecule has 25 heavy (non-hydrogen) atoms. The lowest BCUT2D eigenvalue weighted by atomic mass is 9.97. The smallest absolute Gasteiger partial charge is 0.313 e. The van der Waals surface area contributed by atoms with Crippen LogP contribution >= 0.6 is 11.6 Å². The number of nitrogens with zero attached hydrogens (tertiary/aromatic N) is 1. The molecule has 0 atom stereocenters. The number of hydrogen-bond donors (Lipinski definition) is 2. The third kappa shape index (κ3) is 6.26. The monoisotopic (exact) mass is 371 g/mol. The summed E-state index contributed by atoms with van der Waals surface area (Å²) in [5, 5.41) is 4.95. The van der Waals surface area contributed by atoms with E-state index in [9.17, 15) is 14.0 Å². The molecule has 1 aliphatic heterocycles. The predicted molar refractivity (Wildman–Crippen MR) is 94.1 cm³/mol. The molecule has 1 heterocycles. The second kappa shape index (κ2) is 9.70. The summed E-state index contributed by atoms with van der Waals surface area (Å²) in [6, 6.07) is 3.74. The summed E-state index contributed by atoms with van der Waals surface area (Å²) in [7, 11) is 1.69. The van der Waals surface area contributed by atoms with E-state index in [0.29, 0.717) is 12.5 Å². The van der Waals surface area contributed by atoms with Crippen LogP contribution in [-0.4, -0.2) is 56.6 Å². The lowest BCUT2D eigenvalue weighted by Gasteiger charge is -2.31. The minimum absolute atomic E-state index is 0.113. The number of piperidine rings is 1. The molecule has 0 radical (unpaired) electrons. The Bertz CT molecular complexity index is 607. The molecule has 1 saturated heterocycles. The van der Waals surface area contributed by atoms with Crippen LogP contribution in [0.25, 0.3) is 0 Å². The number of likely N-dealkylation sites (tertiary alicyclic amines) is 1. The number of halogens is 2. The van der Waals surface area contributed by atoms with Crippen LogP contribution in [0.4, 0.5) is 10.1 Å². The van der Waals surface area contributed by atoms with E-state index in [1.807, 2.05) is 0 Å². The zero-order valence-electron chi connectivity index (χ0n) is 14.2. The fraction of sp³-hybridized carbons (Fsp3) is 0.529. The van der Waals surface area contributed by atoms with E-state index in [1.165, 1.54) is 12.1 Å². The molecule has 0 aromatic heterocycles. The number of benzene rings is 1. The van der Waals surface area contributed by atoms with Gasteiger partial charge >= 0.3 is 11.8 Å². The van der Waals surface area contributed by atoms with Crippen LogP contribution in [0.3, 0.4) is 0 Å². The summed E-state index contributed by atoms with van der Waals surface area (Å²) in [4.78, 5) is 26.1. The Morgan fingerprint density at radius 3 is 2.68 bits per heavy atom. The average Bonchev–Trinajstić information content (AvgIpc) is 2.61. The maximum absolute atomic E-state index is 13.1. The second-order valence-electron chi connectivity index (χ2n) is 6.07. The summed E-state index contributed by atoms with van der Waals surface area (Å²) >= 11 is 5.64. The van der Waals surface area contributed by atoms with Crippen LogP contribution in [0, 0.1) is 11.7 Å². The quantitative estimate of drug-likeness (QED) is 0.749. The number of anilines is 1. The Kier molecular flexibility index (Phi) is 7.61. The van der Waals surface area contributed by atoms with Gasteiger partial charge in [-0.3, -0.25) is 9.59 Å². The standard InChI is InChI=1S/C17H23ClFN3O3/c1-25-9-8-22-6-4-12(5-7-22)11-20-16(23)17(24)21-13-2-3-15(19)14(18)10-13/h2-3,10,12H,4-9,11H2,1H3,(H,20,23)(H,21,24). The van der Waals surface area contributed by atoms with Gasteiger partial charge in [0.25, 0.3) is 0 Å². The Labute approximate surface area is 151 Å². The van der Waals surface area contributed by atoms with E-state index in [1.54, 1.807) is 7.11 Å². The molecule has 1 fully saturated rings. The van der Waals surface area contributed by atoms with Gasteiger partial charge < -0.3 is 20.3 Å². The molecular formula is C17H23ClFN3O3. The maximum atomic E-state index is 13.1. The molecular weight excluding hydrogens is 349 g/mol. The zero-order chi connectivity index (χ0) is 18.2. The van der Waals surface area contributed by atoms with Gasteiger partial charge in [0.1, 0.15) is 5.82 Å². The van der Waals surface area contributed by atoms with Gasteiger partial charge in [0.05, 0.1) is 11.6 Å². The first-order chi connectivity index (χ1) is 12.0. The third-order valence-corrected chi connectivity index (χ3v) is 4.54. The van der Waals surface area contributed by atoms with Crippen molar-refractivity contribution in [3.63, 3.8) is 0 Å². The molecule has 1 aliphatic rings. The van der Waals surface area contributed by atoms with Gasteiger partial charge in [-0.2, -0.15) is 0 Å². The van der Waals surface area contributed by atoms with E-state index in [0.717, 1.165) is 45.1 Å². The molecule has 8 heteroatoms. The molecule has 138 valence electrons. The van der Waals surface area contributed by atoms with E-state index in [4.69, 9.17) is 16.3 Å². The first-order valence-corrected chi connectivity index (χ1v) is 8.63. The van der Waals surface area contributed by atoms with Crippen molar-refractivity contribution in [3.8, 4) is 0 Å². The fourth-order valence-corrected chi connectivity index (χ4v) is 2.89. The van der Waals surface area contributed by atoms with E-state index >= 15 is 0 Å². The molecule has 0 saturated carbocycles. The van der Waals surface area contributed by atoms with Crippen molar-refractivity contribution in [1.29, 1.82) is 0 Å². The minimum Gasteiger partial charge on any atom is -0.383 e. The van der Waals surface area contributed by atoms with Crippen LogP contribution in [0.5, 0.6) is 0 Å². The van der Waals surface area contributed by atoms with Gasteiger partial charge in [-0.15, -0.1) is 0 Å². The summed E-state index contributed by atoms with van der Waals surface area (Å²) in [6.45, 7) is 4.02. The molecule has 6 nitrogen and oxygen atoms in total. The normalized spacial score (nSPS) is 15.8. The first kappa shape index (κ1) is 19.6. The highest BCUT2D eigenvalue weighted by molar-refractivity contribution is 6.39. The van der Waals surface area contributed by atoms with Gasteiger partial charge in [-0.05, 0) is 50.0 Å². The number of rotatable bonds is 6. The Morgan fingerprint density at radius 1 is 1.32 bits per heavy atom. The van der Waals surface area contributed by atoms with E-state index < -0.39 is 17.6 Å². The number of ether oxygens (including phenoxy) is 1. The summed E-state index contributed by atoms with van der Waals surface area (Å²) in [6.07, 6.45) is 1.94. The van der Waals surface area contributed by atoms with Gasteiger partial charge in [0.15, 0.2) is 0 Å². The lowest BCUT2D eigenvalue weighted by molar-refractivity contribution is -0.136. The second-order valence-corrected chi connectivity index (χ2v) is 6.48. The highest BCUT2D eigenvalue weighted by Crippen LogP contribution is 2.19. The van der Waals surface area contributed by atoms with Gasteiger partial charge in [0.2, 0.25) is 0 Å². The molecule has 2 N–H and O–H groups in total. The van der Waals surface area contributed by atoms with Crippen LogP contribution in [-0.2, 0) is 14.3 Å². The topological polar surface area (TPSA) is 70.7 Å². The van der Waals surface area contributed by atoms with E-state index in [-0.39, 0.29) is 10.7 Å². The largest absolute Gasteiger partial charge is 0.383 e. The first-order valence-electron chi connectivity index (χ1n) is 8.25. The van der Waals surface area contributed by atoms with Crippen molar-refractivity contribution >= 4 is 29.1 Å². The Morgan fingerprint density at radius 2 is 2.04 bits per heavy atom. The number of amides is 2. The van der Waals surface area contributed by atoms with Crippen molar-refractivity contribution < 1.29 is 18.7 Å². The highest BCUT2D eigenvalue weighted by Gasteiger charge is 2.21. The molecule has 0 bridgehead atoms. The number of carbonyl (C=O) groups is 2. The average molecular weight is 372 g/mol. The van der Waals surface area contributed by atoms with Crippen molar-refractivity contribution in [2.75, 3.05) is 45.2 Å². The molecule has 1 aromatic carbocycles. The minimum atomic E-state index is -0.791. The van der Waals surface area contributed by atoms with Gasteiger partial charge in [-0.1, -0.05) is 11.6 Å². The molecule has 2 amide bonds. The molecule has 0 spiro atoms. The van der Waals surface area contributed by atoms with Crippen molar-refractivity contribution in [1.82, 2.24) is 10.2 Å². The number of hydrogen-bond acceptors (Lipinski definition) is 4. The van der Waals surface area contributed by atoms with E-state index in [2.05, 4.69) is 15.5 Å². The number of carbonyl (C=O) groups excluding carboxylic acids is 2. The van der Waals surface area contributed by atoms with Gasteiger partial charge in [-0.25, -0.2) is 4.39 Å². The third-order valence-electron chi connectivity index (χ3n) is 4.25. The molecule has 0 unspecified atom stereocenters. The van der Waals surface area contributed by atoms with Crippen molar-refractivity contribution in [2.24, 2.45) is 5.92 Å². The molecule has 1 aromatic rings. The highest BCUT2D eigenvalue weighted by atomic mass is 35.5. The van der Waals surface area contributed by atoms with Crippen LogP contribution in [0.2, 0.25) is 5.02 Å².